The molecule has 98 valence electrons. The lowest BCUT2D eigenvalue weighted by Crippen LogP contribution is -2.03. The molecule has 19 heavy (non-hydrogen) atoms. The second-order valence-electron chi connectivity index (χ2n) is 3.72. The van der Waals surface area contributed by atoms with Crippen LogP contribution >= 0.6 is 0 Å². The van der Waals surface area contributed by atoms with Crippen LogP contribution in [-0.2, 0) is 11.3 Å². The Labute approximate surface area is 107 Å². The maximum Gasteiger partial charge on any atom is 0.374 e. The predicted octanol–water partition coefficient (Wildman–Crippen LogP) is 2.24. The van der Waals surface area contributed by atoms with E-state index in [2.05, 4.69) is 0 Å². The molecular formula is C13H10O6. The molecule has 2 aromatic rings. The van der Waals surface area contributed by atoms with Crippen LogP contribution in [0.1, 0.15) is 44.3 Å². The molecule has 0 radical (unpaired) electrons. The van der Waals surface area contributed by atoms with Crippen LogP contribution in [0.3, 0.4) is 0 Å². The van der Waals surface area contributed by atoms with Crippen molar-refractivity contribution in [3.05, 3.63) is 47.3 Å². The highest BCUT2D eigenvalue weighted by Crippen LogP contribution is 2.12. The topological polar surface area (TPSA) is 86.7 Å². The Morgan fingerprint density at radius 2 is 1.89 bits per heavy atom. The smallest absolute Gasteiger partial charge is 0.374 e. The third-order valence-corrected chi connectivity index (χ3v) is 2.30. The lowest BCUT2D eigenvalue weighted by molar-refractivity contribution is 0.0407. The van der Waals surface area contributed by atoms with E-state index in [0.29, 0.717) is 12.0 Å². The van der Waals surface area contributed by atoms with Crippen LogP contribution in [0.4, 0.5) is 0 Å². The third kappa shape index (κ3) is 2.98. The average Bonchev–Trinajstić information content (AvgIpc) is 3.04. The molecule has 0 aliphatic rings. The summed E-state index contributed by atoms with van der Waals surface area (Å²) in [6.07, 6.45) is 0.553. The van der Waals surface area contributed by atoms with E-state index >= 15 is 0 Å². The molecular weight excluding hydrogens is 252 g/mol. The largest absolute Gasteiger partial charge is 0.455 e. The minimum absolute atomic E-state index is 0.0626. The number of carbonyl (C=O) groups is 3. The van der Waals surface area contributed by atoms with Crippen LogP contribution in [0.15, 0.2) is 33.1 Å². The van der Waals surface area contributed by atoms with Crippen molar-refractivity contribution in [3.8, 4) is 0 Å². The van der Waals surface area contributed by atoms with Crippen molar-refractivity contribution < 1.29 is 28.0 Å². The third-order valence-electron chi connectivity index (χ3n) is 2.30. The van der Waals surface area contributed by atoms with Gasteiger partial charge >= 0.3 is 5.97 Å². The maximum absolute atomic E-state index is 11.6. The number of ether oxygens (including phenoxy) is 1. The Balaban J connectivity index is 1.96. The van der Waals surface area contributed by atoms with E-state index in [1.54, 1.807) is 0 Å². The summed E-state index contributed by atoms with van der Waals surface area (Å²) >= 11 is 0. The van der Waals surface area contributed by atoms with Crippen molar-refractivity contribution in [2.24, 2.45) is 0 Å². The van der Waals surface area contributed by atoms with Gasteiger partial charge in [0.1, 0.15) is 12.4 Å². The van der Waals surface area contributed by atoms with Crippen molar-refractivity contribution in [2.75, 3.05) is 0 Å². The molecule has 0 aromatic carbocycles. The molecule has 0 spiro atoms. The Morgan fingerprint density at radius 1 is 1.16 bits per heavy atom. The van der Waals surface area contributed by atoms with E-state index < -0.39 is 5.97 Å². The second-order valence-corrected chi connectivity index (χ2v) is 3.72. The van der Waals surface area contributed by atoms with Crippen molar-refractivity contribution >= 4 is 18.0 Å². The lowest BCUT2D eigenvalue weighted by atomic mass is 10.3. The van der Waals surface area contributed by atoms with E-state index in [0.717, 1.165) is 0 Å². The Morgan fingerprint density at radius 3 is 2.47 bits per heavy atom. The van der Waals surface area contributed by atoms with Gasteiger partial charge in [-0.25, -0.2) is 4.79 Å². The van der Waals surface area contributed by atoms with Gasteiger partial charge < -0.3 is 13.6 Å². The van der Waals surface area contributed by atoms with Gasteiger partial charge in [-0.3, -0.25) is 9.59 Å². The van der Waals surface area contributed by atoms with Crippen LogP contribution in [0, 0.1) is 0 Å². The predicted molar refractivity (Wildman–Crippen MR) is 61.9 cm³/mol. The first-order valence-corrected chi connectivity index (χ1v) is 5.42. The van der Waals surface area contributed by atoms with E-state index in [1.165, 1.54) is 31.2 Å². The van der Waals surface area contributed by atoms with Gasteiger partial charge in [-0.15, -0.1) is 0 Å². The standard InChI is InChI=1S/C13H10O6/c1-8(15)11-4-5-12(19-11)13(16)17-7-10-3-2-9(6-14)18-10/h2-6H,7H2,1H3. The fourth-order valence-corrected chi connectivity index (χ4v) is 1.38. The molecule has 6 nitrogen and oxygen atoms in total. The monoisotopic (exact) mass is 262 g/mol. The molecule has 0 N–H and O–H groups in total. The second kappa shape index (κ2) is 5.34. The fraction of sp³-hybridized carbons (Fsp3) is 0.154. The van der Waals surface area contributed by atoms with Gasteiger partial charge in [0.25, 0.3) is 0 Å². The number of aldehydes is 1. The molecule has 0 aliphatic carbocycles. The number of Topliss-reactive ketones (excluding diaryl/α,β-unsaturated/α-hetero) is 1. The Hall–Kier alpha value is -2.63. The molecule has 0 unspecified atom stereocenters. The van der Waals surface area contributed by atoms with Crippen LogP contribution < -0.4 is 0 Å². The van der Waals surface area contributed by atoms with Crippen molar-refractivity contribution in [3.63, 3.8) is 0 Å². The van der Waals surface area contributed by atoms with Crippen molar-refractivity contribution in [1.82, 2.24) is 0 Å². The maximum atomic E-state index is 11.6. The molecule has 0 saturated carbocycles. The lowest BCUT2D eigenvalue weighted by Gasteiger charge is -1.99. The van der Waals surface area contributed by atoms with Gasteiger partial charge in [-0.2, -0.15) is 0 Å². The van der Waals surface area contributed by atoms with Crippen LogP contribution in [-0.4, -0.2) is 18.0 Å². The molecule has 0 saturated heterocycles. The van der Waals surface area contributed by atoms with Crippen molar-refractivity contribution in [1.29, 1.82) is 0 Å². The number of esters is 1. The summed E-state index contributed by atoms with van der Waals surface area (Å²) in [4.78, 5) is 33.0. The zero-order valence-electron chi connectivity index (χ0n) is 10.0. The molecule has 2 heterocycles. The van der Waals surface area contributed by atoms with Gasteiger partial charge in [0.05, 0.1) is 0 Å². The van der Waals surface area contributed by atoms with Crippen LogP contribution in [0.2, 0.25) is 0 Å². The van der Waals surface area contributed by atoms with Crippen LogP contribution in [0.25, 0.3) is 0 Å². The van der Waals surface area contributed by atoms with Crippen molar-refractivity contribution in [2.45, 2.75) is 13.5 Å². The first-order chi connectivity index (χ1) is 9.10. The number of ketones is 1. The number of hydrogen-bond acceptors (Lipinski definition) is 6. The zero-order chi connectivity index (χ0) is 13.8. The molecule has 2 rings (SSSR count). The summed E-state index contributed by atoms with van der Waals surface area (Å²) < 4.78 is 15.0. The summed E-state index contributed by atoms with van der Waals surface area (Å²) in [7, 11) is 0. The summed E-state index contributed by atoms with van der Waals surface area (Å²) in [5, 5.41) is 0. The quantitative estimate of drug-likeness (QED) is 0.466. The Kier molecular flexibility index (Phi) is 3.61. The molecule has 0 amide bonds. The molecule has 0 fully saturated rings. The summed E-state index contributed by atoms with van der Waals surface area (Å²) in [5.74, 6) is -0.463. The van der Waals surface area contributed by atoms with E-state index in [1.807, 2.05) is 0 Å². The normalized spacial score (nSPS) is 10.2. The SMILES string of the molecule is CC(=O)c1ccc(C(=O)OCc2ccc(C=O)o2)o1. The van der Waals surface area contributed by atoms with E-state index in [9.17, 15) is 14.4 Å². The summed E-state index contributed by atoms with van der Waals surface area (Å²) in [6.45, 7) is 1.21. The van der Waals surface area contributed by atoms with Gasteiger partial charge in [-0.1, -0.05) is 0 Å². The first-order valence-electron chi connectivity index (χ1n) is 5.42. The van der Waals surface area contributed by atoms with E-state index in [-0.39, 0.29) is 29.7 Å². The number of furan rings is 2. The summed E-state index contributed by atoms with van der Waals surface area (Å²) in [6, 6.07) is 5.76. The minimum Gasteiger partial charge on any atom is -0.455 e. The highest BCUT2D eigenvalue weighted by atomic mass is 16.6. The summed E-state index contributed by atoms with van der Waals surface area (Å²) in [5.41, 5.74) is 0. The Bertz CT molecular complexity index is 619. The molecule has 6 heteroatoms. The highest BCUT2D eigenvalue weighted by Gasteiger charge is 2.15. The minimum atomic E-state index is -0.712. The number of rotatable bonds is 5. The molecule has 0 aliphatic heterocycles. The van der Waals surface area contributed by atoms with Gasteiger partial charge in [0.2, 0.25) is 5.76 Å². The van der Waals surface area contributed by atoms with Crippen LogP contribution in [0.5, 0.6) is 0 Å². The molecule has 0 bridgehead atoms. The van der Waals surface area contributed by atoms with Gasteiger partial charge in [0, 0.05) is 6.92 Å². The average molecular weight is 262 g/mol. The zero-order valence-corrected chi connectivity index (χ0v) is 10.0. The first kappa shape index (κ1) is 12.8. The highest BCUT2D eigenvalue weighted by molar-refractivity contribution is 5.93. The molecule has 0 atom stereocenters. The van der Waals surface area contributed by atoms with Gasteiger partial charge in [0.15, 0.2) is 23.6 Å². The fourth-order valence-electron chi connectivity index (χ4n) is 1.38. The van der Waals surface area contributed by atoms with Gasteiger partial charge in [-0.05, 0) is 24.3 Å². The number of carbonyl (C=O) groups excluding carboxylic acids is 3. The van der Waals surface area contributed by atoms with E-state index in [4.69, 9.17) is 13.6 Å². The molecule has 2 aromatic heterocycles. The number of hydrogen-bond donors (Lipinski definition) is 0.